The first-order chi connectivity index (χ1) is 16.1. The van der Waals surface area contributed by atoms with Crippen molar-refractivity contribution in [1.29, 1.82) is 0 Å². The Morgan fingerprint density at radius 2 is 2.09 bits per heavy atom. The molecule has 3 aromatic rings. The molecule has 2 aromatic carbocycles. The molecule has 8 heteroatoms. The lowest BCUT2D eigenvalue weighted by atomic mass is 9.82. The molecule has 0 bridgehead atoms. The van der Waals surface area contributed by atoms with Crippen molar-refractivity contribution in [3.63, 3.8) is 0 Å². The fourth-order valence-corrected chi connectivity index (χ4v) is 4.80. The Morgan fingerprint density at radius 1 is 1.32 bits per heavy atom. The molecule has 4 rings (SSSR count). The summed E-state index contributed by atoms with van der Waals surface area (Å²) >= 11 is 0. The van der Waals surface area contributed by atoms with Crippen molar-refractivity contribution in [2.24, 2.45) is 0 Å². The van der Waals surface area contributed by atoms with Crippen LogP contribution in [0.25, 0.3) is 17.0 Å². The van der Waals surface area contributed by atoms with Crippen LogP contribution in [0.2, 0.25) is 0 Å². The minimum absolute atomic E-state index is 0.0592. The van der Waals surface area contributed by atoms with E-state index in [1.807, 2.05) is 24.0 Å². The van der Waals surface area contributed by atoms with Gasteiger partial charge in [-0.2, -0.15) is 5.10 Å². The van der Waals surface area contributed by atoms with Crippen LogP contribution in [0.1, 0.15) is 49.1 Å². The quantitative estimate of drug-likeness (QED) is 0.407. The first-order valence-electron chi connectivity index (χ1n) is 11.2. The van der Waals surface area contributed by atoms with Gasteiger partial charge in [-0.15, -0.1) is 0 Å². The Bertz CT molecular complexity index is 1250. The molecule has 180 valence electrons. The van der Waals surface area contributed by atoms with E-state index >= 15 is 4.39 Å². The van der Waals surface area contributed by atoms with Gasteiger partial charge in [0.05, 0.1) is 37.5 Å². The summed E-state index contributed by atoms with van der Waals surface area (Å²) in [7, 11) is 2.75. The fraction of sp³-hybridized carbons (Fsp3) is 0.385. The summed E-state index contributed by atoms with van der Waals surface area (Å²) in [6, 6.07) is 6.27. The van der Waals surface area contributed by atoms with Crippen molar-refractivity contribution >= 4 is 22.9 Å². The number of hydrogen-bond donors (Lipinski definition) is 1. The Labute approximate surface area is 197 Å². The van der Waals surface area contributed by atoms with E-state index in [9.17, 15) is 9.18 Å². The number of carbonyl (C=O) groups is 1. The molecule has 0 unspecified atom stereocenters. The van der Waals surface area contributed by atoms with Gasteiger partial charge in [0, 0.05) is 24.0 Å². The van der Waals surface area contributed by atoms with Gasteiger partial charge in [0.1, 0.15) is 17.2 Å². The summed E-state index contributed by atoms with van der Waals surface area (Å²) in [5.74, 6) is -0.717. The maximum atomic E-state index is 15.8. The normalized spacial score (nSPS) is 18.9. The Balaban J connectivity index is 1.92. The Hall–Kier alpha value is -3.26. The van der Waals surface area contributed by atoms with Crippen LogP contribution in [0, 0.1) is 5.82 Å². The van der Waals surface area contributed by atoms with E-state index in [1.165, 1.54) is 46.3 Å². The first-order valence-corrected chi connectivity index (χ1v) is 11.2. The molecule has 0 fully saturated rings. The number of rotatable bonds is 6. The van der Waals surface area contributed by atoms with Crippen molar-refractivity contribution in [2.75, 3.05) is 20.8 Å². The third-order valence-electron chi connectivity index (χ3n) is 6.24. The Morgan fingerprint density at radius 3 is 2.76 bits per heavy atom. The van der Waals surface area contributed by atoms with E-state index < -0.39 is 23.5 Å². The van der Waals surface area contributed by atoms with Gasteiger partial charge >= 0.3 is 5.97 Å². The smallest absolute Gasteiger partial charge is 0.330 e. The number of ether oxygens (including phenoxy) is 2. The number of fused-ring (bicyclic) bond motifs is 3. The number of nitrogens with one attached hydrogen (secondary N) is 1. The minimum atomic E-state index is -1.49. The predicted octanol–water partition coefficient (Wildman–Crippen LogP) is 4.98. The summed E-state index contributed by atoms with van der Waals surface area (Å²) in [5, 5.41) is 8.14. The monoisotopic (exact) mass is 469 g/mol. The van der Waals surface area contributed by atoms with Gasteiger partial charge in [-0.25, -0.2) is 13.6 Å². The lowest BCUT2D eigenvalue weighted by Gasteiger charge is -2.44. The number of esters is 1. The number of methoxy groups -OCH3 is 2. The average molecular weight is 470 g/mol. The van der Waals surface area contributed by atoms with Crippen LogP contribution in [-0.2, 0) is 16.0 Å². The number of carbonyl (C=O) groups excluding carboxylic acids is 1. The Kier molecular flexibility index (Phi) is 6.45. The second-order valence-electron chi connectivity index (χ2n) is 9.29. The molecule has 1 aromatic heterocycles. The van der Waals surface area contributed by atoms with Crippen LogP contribution in [0.15, 0.2) is 36.5 Å². The highest BCUT2D eigenvalue weighted by Crippen LogP contribution is 2.45. The molecule has 0 amide bonds. The predicted molar refractivity (Wildman–Crippen MR) is 127 cm³/mol. The molecule has 2 heterocycles. The van der Waals surface area contributed by atoms with Crippen molar-refractivity contribution in [1.82, 2.24) is 15.1 Å². The molecule has 1 aliphatic rings. The second-order valence-corrected chi connectivity index (χ2v) is 9.29. The number of halogens is 2. The number of benzene rings is 2. The molecule has 6 nitrogen and oxygen atoms in total. The van der Waals surface area contributed by atoms with Gasteiger partial charge in [-0.1, -0.05) is 6.07 Å². The summed E-state index contributed by atoms with van der Waals surface area (Å²) in [4.78, 5) is 13.5. The van der Waals surface area contributed by atoms with Crippen LogP contribution >= 0.6 is 0 Å². The molecule has 0 saturated heterocycles. The van der Waals surface area contributed by atoms with E-state index in [0.717, 1.165) is 22.0 Å². The largest absolute Gasteiger partial charge is 0.496 e. The molecule has 0 aliphatic carbocycles. The summed E-state index contributed by atoms with van der Waals surface area (Å²) in [6.07, 6.45) is 5.15. The lowest BCUT2D eigenvalue weighted by molar-refractivity contribution is -0.134. The third kappa shape index (κ3) is 4.55. The molecule has 1 N–H and O–H groups in total. The second kappa shape index (κ2) is 9.18. The highest BCUT2D eigenvalue weighted by molar-refractivity contribution is 5.87. The van der Waals surface area contributed by atoms with Crippen LogP contribution in [0.4, 0.5) is 8.78 Å². The molecule has 34 heavy (non-hydrogen) atoms. The van der Waals surface area contributed by atoms with Crippen LogP contribution in [0.5, 0.6) is 5.75 Å². The van der Waals surface area contributed by atoms with Gasteiger partial charge in [0.25, 0.3) is 0 Å². The maximum Gasteiger partial charge on any atom is 0.330 e. The van der Waals surface area contributed by atoms with E-state index in [0.29, 0.717) is 23.3 Å². The zero-order chi connectivity index (χ0) is 24.6. The highest BCUT2D eigenvalue weighted by Gasteiger charge is 2.40. The third-order valence-corrected chi connectivity index (χ3v) is 6.24. The summed E-state index contributed by atoms with van der Waals surface area (Å²) < 4.78 is 41.0. The average Bonchev–Trinajstić information content (AvgIpc) is 3.26. The van der Waals surface area contributed by atoms with Gasteiger partial charge < -0.3 is 9.47 Å². The van der Waals surface area contributed by atoms with Crippen LogP contribution < -0.4 is 4.74 Å². The van der Waals surface area contributed by atoms with Crippen molar-refractivity contribution in [3.8, 4) is 5.75 Å². The molecule has 0 radical (unpaired) electrons. The van der Waals surface area contributed by atoms with Crippen molar-refractivity contribution in [2.45, 2.75) is 44.9 Å². The van der Waals surface area contributed by atoms with Crippen molar-refractivity contribution in [3.05, 3.63) is 64.6 Å². The molecular weight excluding hydrogens is 440 g/mol. The zero-order valence-corrected chi connectivity index (χ0v) is 20.0. The van der Waals surface area contributed by atoms with Crippen LogP contribution in [0.3, 0.4) is 0 Å². The summed E-state index contributed by atoms with van der Waals surface area (Å²) in [6.45, 7) is 5.20. The van der Waals surface area contributed by atoms with Gasteiger partial charge in [0.2, 0.25) is 0 Å². The van der Waals surface area contributed by atoms with Gasteiger partial charge in [-0.05, 0) is 68.2 Å². The van der Waals surface area contributed by atoms with Crippen LogP contribution in [-0.4, -0.2) is 53.5 Å². The molecule has 2 atom stereocenters. The minimum Gasteiger partial charge on any atom is -0.496 e. The fourth-order valence-electron chi connectivity index (χ4n) is 4.80. The lowest BCUT2D eigenvalue weighted by Crippen LogP contribution is -2.48. The van der Waals surface area contributed by atoms with E-state index in [4.69, 9.17) is 4.74 Å². The molecular formula is C26H29F2N3O3. The van der Waals surface area contributed by atoms with E-state index in [-0.39, 0.29) is 12.6 Å². The number of nitrogens with zero attached hydrogens (tertiary/aromatic N) is 2. The number of aromatic nitrogens is 2. The van der Waals surface area contributed by atoms with Gasteiger partial charge in [0.15, 0.2) is 0 Å². The molecule has 0 spiro atoms. The number of H-pyrrole nitrogens is 1. The summed E-state index contributed by atoms with van der Waals surface area (Å²) in [5.41, 5.74) is 2.16. The standard InChI is InChI=1S/C26H29F2N3O3/c1-15-10-18-17(7-8-21-19(18)13-29-30-21)25(31(15)14-26(2,3)28)24-20(27)11-16(12-22(24)33-4)6-9-23(32)34-5/h6-9,11-13,15,25H,10,14H2,1-5H3,(H,29,30)/b9-6+/t15-,25+/m1/s1. The first kappa shape index (κ1) is 23.9. The molecule has 1 aliphatic heterocycles. The van der Waals surface area contributed by atoms with E-state index in [1.54, 1.807) is 12.3 Å². The zero-order valence-electron chi connectivity index (χ0n) is 20.0. The maximum absolute atomic E-state index is 15.8. The van der Waals surface area contributed by atoms with E-state index in [2.05, 4.69) is 14.9 Å². The van der Waals surface area contributed by atoms with Crippen molar-refractivity contribution < 1.29 is 23.0 Å². The highest BCUT2D eigenvalue weighted by atomic mass is 19.1. The molecule has 0 saturated carbocycles. The topological polar surface area (TPSA) is 67.5 Å². The van der Waals surface area contributed by atoms with Gasteiger partial charge in [-0.3, -0.25) is 10.00 Å². The SMILES string of the molecule is COC(=O)/C=C/c1cc(F)c([C@@H]2c3ccc4[nH]ncc4c3C[C@@H](C)N2CC(C)(C)F)c(OC)c1. The number of aromatic amines is 1. The number of alkyl halides is 1. The number of hydrogen-bond acceptors (Lipinski definition) is 5.